The van der Waals surface area contributed by atoms with Crippen LogP contribution in [0.5, 0.6) is 0 Å². The SMILES string of the molecule is CS(=O)(=O)CCn1cc(C=O)c(-c2nccs2)n1. The van der Waals surface area contributed by atoms with Crippen molar-refractivity contribution in [1.82, 2.24) is 14.8 Å². The Morgan fingerprint density at radius 1 is 1.50 bits per heavy atom. The Labute approximate surface area is 108 Å². The number of hydrogen-bond acceptors (Lipinski definition) is 6. The van der Waals surface area contributed by atoms with Gasteiger partial charge in [0, 0.05) is 24.0 Å². The summed E-state index contributed by atoms with van der Waals surface area (Å²) in [6.07, 6.45) is 5.03. The largest absolute Gasteiger partial charge is 0.298 e. The van der Waals surface area contributed by atoms with Crippen LogP contribution >= 0.6 is 11.3 Å². The second-order valence-electron chi connectivity index (χ2n) is 3.78. The Balaban J connectivity index is 2.27. The first kappa shape index (κ1) is 12.9. The zero-order valence-corrected chi connectivity index (χ0v) is 11.2. The monoisotopic (exact) mass is 285 g/mol. The molecule has 0 radical (unpaired) electrons. The van der Waals surface area contributed by atoms with E-state index in [-0.39, 0.29) is 12.3 Å². The minimum atomic E-state index is -3.05. The summed E-state index contributed by atoms with van der Waals surface area (Å²) in [5.41, 5.74) is 0.909. The maximum absolute atomic E-state index is 11.1. The van der Waals surface area contributed by atoms with Crippen molar-refractivity contribution in [2.45, 2.75) is 6.54 Å². The standard InChI is InChI=1S/C10H11N3O3S2/c1-18(15,16)5-3-13-6-8(7-14)9(12-13)10-11-2-4-17-10/h2,4,6-7H,3,5H2,1H3. The molecule has 2 rings (SSSR count). The molecule has 96 valence electrons. The highest BCUT2D eigenvalue weighted by atomic mass is 32.2. The number of aryl methyl sites for hydroxylation is 1. The van der Waals surface area contributed by atoms with Crippen LogP contribution < -0.4 is 0 Å². The molecular weight excluding hydrogens is 274 g/mol. The van der Waals surface area contributed by atoms with Gasteiger partial charge in [-0.1, -0.05) is 0 Å². The number of hydrogen-bond donors (Lipinski definition) is 0. The van der Waals surface area contributed by atoms with E-state index in [1.807, 2.05) is 0 Å². The maximum atomic E-state index is 11.1. The van der Waals surface area contributed by atoms with Gasteiger partial charge in [-0.3, -0.25) is 9.48 Å². The average Bonchev–Trinajstić information content (AvgIpc) is 2.94. The summed E-state index contributed by atoms with van der Waals surface area (Å²) in [6.45, 7) is 0.227. The van der Waals surface area contributed by atoms with E-state index in [0.717, 1.165) is 0 Å². The van der Waals surface area contributed by atoms with E-state index in [9.17, 15) is 13.2 Å². The van der Waals surface area contributed by atoms with Crippen LogP contribution in [0.25, 0.3) is 10.7 Å². The zero-order valence-electron chi connectivity index (χ0n) is 9.61. The van der Waals surface area contributed by atoms with Gasteiger partial charge in [-0.15, -0.1) is 11.3 Å². The van der Waals surface area contributed by atoms with Crippen LogP contribution in [0.15, 0.2) is 17.8 Å². The number of sulfone groups is 1. The number of carbonyl (C=O) groups is 1. The number of nitrogens with zero attached hydrogens (tertiary/aromatic N) is 3. The summed E-state index contributed by atoms with van der Waals surface area (Å²) in [7, 11) is -3.05. The van der Waals surface area contributed by atoms with Crippen LogP contribution in [0, 0.1) is 0 Å². The Morgan fingerprint density at radius 2 is 2.28 bits per heavy atom. The molecule has 2 aromatic rings. The van der Waals surface area contributed by atoms with Crippen LogP contribution in [0.3, 0.4) is 0 Å². The molecule has 0 amide bonds. The lowest BCUT2D eigenvalue weighted by Gasteiger charge is -1.98. The van der Waals surface area contributed by atoms with E-state index in [0.29, 0.717) is 22.6 Å². The first-order valence-corrected chi connectivity index (χ1v) is 8.04. The van der Waals surface area contributed by atoms with Crippen molar-refractivity contribution in [1.29, 1.82) is 0 Å². The Morgan fingerprint density at radius 3 is 2.83 bits per heavy atom. The molecule has 0 fully saturated rings. The Bertz CT molecular complexity index is 644. The lowest BCUT2D eigenvalue weighted by Crippen LogP contribution is -2.11. The summed E-state index contributed by atoms with van der Waals surface area (Å²) in [5, 5.41) is 6.63. The predicted molar refractivity (Wildman–Crippen MR) is 68.4 cm³/mol. The normalized spacial score (nSPS) is 11.6. The molecule has 0 aromatic carbocycles. The molecule has 0 bridgehead atoms. The topological polar surface area (TPSA) is 81.9 Å². The van der Waals surface area contributed by atoms with Crippen LogP contribution in [0.2, 0.25) is 0 Å². The van der Waals surface area contributed by atoms with Crippen molar-refractivity contribution < 1.29 is 13.2 Å². The van der Waals surface area contributed by atoms with Gasteiger partial charge in [0.15, 0.2) is 6.29 Å². The first-order chi connectivity index (χ1) is 8.49. The van der Waals surface area contributed by atoms with Gasteiger partial charge in [-0.25, -0.2) is 13.4 Å². The maximum Gasteiger partial charge on any atom is 0.153 e. The third kappa shape index (κ3) is 3.02. The van der Waals surface area contributed by atoms with Gasteiger partial charge in [0.2, 0.25) is 0 Å². The molecule has 8 heteroatoms. The van der Waals surface area contributed by atoms with Crippen molar-refractivity contribution in [3.05, 3.63) is 23.3 Å². The minimum Gasteiger partial charge on any atom is -0.298 e. The fourth-order valence-corrected chi connectivity index (χ4v) is 2.56. The number of carbonyl (C=O) groups excluding carboxylic acids is 1. The van der Waals surface area contributed by atoms with Crippen LogP contribution in [-0.4, -0.2) is 41.5 Å². The summed E-state index contributed by atoms with van der Waals surface area (Å²) in [4.78, 5) is 15.0. The molecule has 2 heterocycles. The average molecular weight is 285 g/mol. The van der Waals surface area contributed by atoms with Crippen LogP contribution in [-0.2, 0) is 16.4 Å². The second kappa shape index (κ2) is 4.99. The van der Waals surface area contributed by atoms with Crippen molar-refractivity contribution in [3.63, 3.8) is 0 Å². The summed E-state index contributed by atoms with van der Waals surface area (Å²) >= 11 is 1.38. The molecule has 0 aliphatic carbocycles. The number of aromatic nitrogens is 3. The smallest absolute Gasteiger partial charge is 0.153 e. The minimum absolute atomic E-state index is 0.00964. The van der Waals surface area contributed by atoms with Crippen LogP contribution in [0.4, 0.5) is 0 Å². The van der Waals surface area contributed by atoms with Gasteiger partial charge < -0.3 is 0 Å². The van der Waals surface area contributed by atoms with Gasteiger partial charge in [0.25, 0.3) is 0 Å². The van der Waals surface area contributed by atoms with Gasteiger partial charge in [-0.05, 0) is 0 Å². The molecule has 0 spiro atoms. The zero-order chi connectivity index (χ0) is 13.2. The molecule has 0 N–H and O–H groups in total. The highest BCUT2D eigenvalue weighted by molar-refractivity contribution is 7.90. The quantitative estimate of drug-likeness (QED) is 0.761. The van der Waals surface area contributed by atoms with E-state index in [4.69, 9.17) is 0 Å². The lowest BCUT2D eigenvalue weighted by molar-refractivity contribution is 0.112. The second-order valence-corrected chi connectivity index (χ2v) is 6.94. The van der Waals surface area contributed by atoms with Gasteiger partial charge in [0.05, 0.1) is 17.9 Å². The summed E-state index contributed by atoms with van der Waals surface area (Å²) in [6, 6.07) is 0. The number of aldehydes is 1. The third-order valence-corrected chi connectivity index (χ3v) is 3.95. The molecule has 18 heavy (non-hydrogen) atoms. The lowest BCUT2D eigenvalue weighted by atomic mass is 10.3. The summed E-state index contributed by atoms with van der Waals surface area (Å²) in [5.74, 6) is -0.00964. The first-order valence-electron chi connectivity index (χ1n) is 5.10. The van der Waals surface area contributed by atoms with Crippen molar-refractivity contribution >= 4 is 27.5 Å². The molecule has 0 saturated carbocycles. The Kier molecular flexibility index (Phi) is 3.58. The van der Waals surface area contributed by atoms with Crippen molar-refractivity contribution in [2.24, 2.45) is 0 Å². The number of rotatable bonds is 5. The molecule has 0 unspecified atom stereocenters. The molecule has 2 aromatic heterocycles. The van der Waals surface area contributed by atoms with Gasteiger partial charge >= 0.3 is 0 Å². The molecule has 6 nitrogen and oxygen atoms in total. The molecule has 0 atom stereocenters. The van der Waals surface area contributed by atoms with Gasteiger partial charge in [0.1, 0.15) is 20.5 Å². The van der Waals surface area contributed by atoms with E-state index in [2.05, 4.69) is 10.1 Å². The highest BCUT2D eigenvalue weighted by Crippen LogP contribution is 2.22. The van der Waals surface area contributed by atoms with Crippen LogP contribution in [0.1, 0.15) is 10.4 Å². The number of thiazole rings is 1. The fraction of sp³-hybridized carbons (Fsp3) is 0.300. The third-order valence-electron chi connectivity index (χ3n) is 2.24. The molecule has 0 aliphatic heterocycles. The highest BCUT2D eigenvalue weighted by Gasteiger charge is 2.13. The molecule has 0 aliphatic rings. The van der Waals surface area contributed by atoms with Crippen molar-refractivity contribution in [3.8, 4) is 10.7 Å². The van der Waals surface area contributed by atoms with E-state index in [1.54, 1.807) is 11.6 Å². The van der Waals surface area contributed by atoms with E-state index >= 15 is 0 Å². The van der Waals surface area contributed by atoms with Gasteiger partial charge in [-0.2, -0.15) is 5.10 Å². The molecular formula is C10H11N3O3S2. The van der Waals surface area contributed by atoms with E-state index in [1.165, 1.54) is 28.5 Å². The van der Waals surface area contributed by atoms with E-state index < -0.39 is 9.84 Å². The molecule has 0 saturated heterocycles. The fourth-order valence-electron chi connectivity index (χ4n) is 1.40. The summed E-state index contributed by atoms with van der Waals surface area (Å²) < 4.78 is 23.6. The predicted octanol–water partition coefficient (Wildman–Crippen LogP) is 0.864. The van der Waals surface area contributed by atoms with Crippen molar-refractivity contribution in [2.75, 3.05) is 12.0 Å². The Hall–Kier alpha value is -1.54.